The van der Waals surface area contributed by atoms with E-state index in [1.807, 2.05) is 0 Å². The molecule has 13 heavy (non-hydrogen) atoms. The molecule has 7 heteroatoms. The minimum atomic E-state index is -3.10. The van der Waals surface area contributed by atoms with Gasteiger partial charge in [0.15, 0.2) is 0 Å². The summed E-state index contributed by atoms with van der Waals surface area (Å²) in [6.07, 6.45) is 2.09. The molecule has 2 N–H and O–H groups in total. The van der Waals surface area contributed by atoms with Gasteiger partial charge < -0.3 is 10.0 Å². The van der Waals surface area contributed by atoms with E-state index in [2.05, 4.69) is 4.98 Å². The Morgan fingerprint density at radius 3 is 2.46 bits per heavy atom. The van der Waals surface area contributed by atoms with Crippen LogP contribution in [0.5, 0.6) is 0 Å². The standard InChI is InChI=1S/C6H7BF2NO2P/c8-6(9,13)4-1-5(7(11)12)3-10-2-4/h1-3,11-12H,13H2. The van der Waals surface area contributed by atoms with Crippen LogP contribution in [0.3, 0.4) is 0 Å². The molecule has 70 valence electrons. The molecule has 3 nitrogen and oxygen atoms in total. The van der Waals surface area contributed by atoms with Gasteiger partial charge in [-0.2, -0.15) is 8.78 Å². The quantitative estimate of drug-likeness (QED) is 0.514. The first-order chi connectivity index (χ1) is 5.91. The van der Waals surface area contributed by atoms with Gasteiger partial charge >= 0.3 is 7.12 Å². The molecule has 1 heterocycles. The van der Waals surface area contributed by atoms with Crippen molar-refractivity contribution in [3.8, 4) is 0 Å². The van der Waals surface area contributed by atoms with Crippen LogP contribution in [0.2, 0.25) is 0 Å². The van der Waals surface area contributed by atoms with Crippen molar-refractivity contribution >= 4 is 21.8 Å². The molecule has 0 aliphatic carbocycles. The summed E-state index contributed by atoms with van der Waals surface area (Å²) in [6.45, 7) is 0. The van der Waals surface area contributed by atoms with Gasteiger partial charge in [0.2, 0.25) is 0 Å². The van der Waals surface area contributed by atoms with Crippen LogP contribution in [0.1, 0.15) is 5.56 Å². The van der Waals surface area contributed by atoms with Gasteiger partial charge in [-0.1, -0.05) is 9.24 Å². The minimum absolute atomic E-state index is 0.0559. The van der Waals surface area contributed by atoms with Crippen LogP contribution in [0, 0.1) is 0 Å². The zero-order valence-corrected chi connectivity index (χ0v) is 7.64. The molecule has 0 saturated heterocycles. The van der Waals surface area contributed by atoms with Crippen LogP contribution >= 0.6 is 9.24 Å². The monoisotopic (exact) mass is 205 g/mol. The minimum Gasteiger partial charge on any atom is -0.423 e. The Morgan fingerprint density at radius 2 is 2.00 bits per heavy atom. The summed E-state index contributed by atoms with van der Waals surface area (Å²) in [5.74, 6) is 0. The van der Waals surface area contributed by atoms with Crippen LogP contribution in [-0.2, 0) is 5.66 Å². The molecular formula is C6H7BF2NO2P. The summed E-state index contributed by atoms with van der Waals surface area (Å²) in [7, 11) is -0.430. The highest BCUT2D eigenvalue weighted by Gasteiger charge is 2.26. The second-order valence-corrected chi connectivity index (χ2v) is 3.23. The second-order valence-electron chi connectivity index (χ2n) is 2.50. The van der Waals surface area contributed by atoms with Crippen molar-refractivity contribution in [2.45, 2.75) is 5.66 Å². The number of halogens is 2. The van der Waals surface area contributed by atoms with Crippen LogP contribution in [-0.4, -0.2) is 22.2 Å². The van der Waals surface area contributed by atoms with E-state index in [0.717, 1.165) is 18.5 Å². The second kappa shape index (κ2) is 3.66. The molecule has 0 aliphatic rings. The van der Waals surface area contributed by atoms with Crippen LogP contribution in [0.4, 0.5) is 8.78 Å². The van der Waals surface area contributed by atoms with E-state index in [9.17, 15) is 8.78 Å². The first kappa shape index (κ1) is 10.5. The van der Waals surface area contributed by atoms with Crippen molar-refractivity contribution in [2.24, 2.45) is 0 Å². The molecule has 0 aromatic carbocycles. The van der Waals surface area contributed by atoms with Gasteiger partial charge in [-0.25, -0.2) is 0 Å². The maximum atomic E-state index is 12.7. The van der Waals surface area contributed by atoms with E-state index in [4.69, 9.17) is 10.0 Å². The topological polar surface area (TPSA) is 53.4 Å². The van der Waals surface area contributed by atoms with Crippen molar-refractivity contribution < 1.29 is 18.8 Å². The average Bonchev–Trinajstić information content (AvgIpc) is 2.03. The molecule has 0 bridgehead atoms. The number of pyridine rings is 1. The fourth-order valence-electron chi connectivity index (χ4n) is 0.781. The van der Waals surface area contributed by atoms with Crippen LogP contribution in [0.15, 0.2) is 18.5 Å². The lowest BCUT2D eigenvalue weighted by molar-refractivity contribution is 0.103. The molecule has 0 aliphatic heterocycles. The van der Waals surface area contributed by atoms with Gasteiger partial charge in [0.25, 0.3) is 5.66 Å². The largest absolute Gasteiger partial charge is 0.490 e. The summed E-state index contributed by atoms with van der Waals surface area (Å²) < 4.78 is 25.3. The Kier molecular flexibility index (Phi) is 2.96. The van der Waals surface area contributed by atoms with E-state index in [-0.39, 0.29) is 11.0 Å². The lowest BCUT2D eigenvalue weighted by Crippen LogP contribution is -2.31. The number of alkyl halides is 2. The Bertz CT molecular complexity index is 305. The zero-order chi connectivity index (χ0) is 10.1. The Hall–Kier alpha value is -0.575. The van der Waals surface area contributed by atoms with E-state index in [1.54, 1.807) is 0 Å². The van der Waals surface area contributed by atoms with Gasteiger partial charge in [-0.3, -0.25) is 4.98 Å². The third-order valence-corrected chi connectivity index (χ3v) is 1.78. The number of hydrogen-bond donors (Lipinski definition) is 2. The van der Waals surface area contributed by atoms with Gasteiger partial charge in [-0.15, -0.1) is 0 Å². The number of nitrogens with zero attached hydrogens (tertiary/aromatic N) is 1. The van der Waals surface area contributed by atoms with E-state index in [1.165, 1.54) is 9.24 Å². The number of aromatic nitrogens is 1. The van der Waals surface area contributed by atoms with Gasteiger partial charge in [-0.05, 0) is 6.07 Å². The van der Waals surface area contributed by atoms with Gasteiger partial charge in [0.1, 0.15) is 0 Å². The molecule has 1 unspecified atom stereocenters. The molecule has 0 fully saturated rings. The summed E-state index contributed by atoms with van der Waals surface area (Å²) in [5, 5.41) is 17.4. The summed E-state index contributed by atoms with van der Waals surface area (Å²) >= 11 is 0. The molecule has 0 radical (unpaired) electrons. The van der Waals surface area contributed by atoms with Crippen molar-refractivity contribution in [1.29, 1.82) is 0 Å². The Labute approximate surface area is 76.2 Å². The maximum Gasteiger partial charge on any atom is 0.490 e. The third-order valence-electron chi connectivity index (χ3n) is 1.44. The summed E-state index contributed by atoms with van der Waals surface area (Å²) in [6, 6.07) is 0.991. The highest BCUT2D eigenvalue weighted by atomic mass is 31.0. The maximum absolute atomic E-state index is 12.7. The third kappa shape index (κ3) is 2.69. The van der Waals surface area contributed by atoms with Gasteiger partial charge in [0, 0.05) is 23.4 Å². The molecule has 1 aromatic heterocycles. The normalized spacial score (nSPS) is 11.5. The lowest BCUT2D eigenvalue weighted by atomic mass is 9.81. The van der Waals surface area contributed by atoms with Crippen molar-refractivity contribution in [2.75, 3.05) is 0 Å². The Balaban J connectivity index is 3.06. The SMILES string of the molecule is OB(O)c1cncc(C(F)(F)P)c1. The summed E-state index contributed by atoms with van der Waals surface area (Å²) in [4.78, 5) is 3.46. The predicted octanol–water partition coefficient (Wildman–Crippen LogP) is -0.314. The van der Waals surface area contributed by atoms with E-state index < -0.39 is 12.8 Å². The first-order valence-electron chi connectivity index (χ1n) is 3.39. The molecule has 0 saturated carbocycles. The van der Waals surface area contributed by atoms with Crippen molar-refractivity contribution in [1.82, 2.24) is 4.98 Å². The molecule has 0 amide bonds. The summed E-state index contributed by atoms with van der Waals surface area (Å²) in [5.41, 5.74) is -3.53. The van der Waals surface area contributed by atoms with Crippen LogP contribution < -0.4 is 5.46 Å². The fraction of sp³-hybridized carbons (Fsp3) is 0.167. The lowest BCUT2D eigenvalue weighted by Gasteiger charge is -2.10. The highest BCUT2D eigenvalue weighted by Crippen LogP contribution is 2.33. The molecule has 0 spiro atoms. The highest BCUT2D eigenvalue weighted by molar-refractivity contribution is 7.17. The molecule has 1 aromatic rings. The first-order valence-corrected chi connectivity index (χ1v) is 3.97. The van der Waals surface area contributed by atoms with Gasteiger partial charge in [0.05, 0.1) is 0 Å². The number of hydrogen-bond acceptors (Lipinski definition) is 3. The predicted molar refractivity (Wildman–Crippen MR) is 47.7 cm³/mol. The Morgan fingerprint density at radius 1 is 1.38 bits per heavy atom. The van der Waals surface area contributed by atoms with E-state index >= 15 is 0 Å². The van der Waals surface area contributed by atoms with Crippen LogP contribution in [0.25, 0.3) is 0 Å². The smallest absolute Gasteiger partial charge is 0.423 e. The fourth-order valence-corrected chi connectivity index (χ4v) is 0.939. The van der Waals surface area contributed by atoms with Crippen molar-refractivity contribution in [3.63, 3.8) is 0 Å². The van der Waals surface area contributed by atoms with Crippen molar-refractivity contribution in [3.05, 3.63) is 24.0 Å². The van der Waals surface area contributed by atoms with E-state index in [0.29, 0.717) is 0 Å². The zero-order valence-electron chi connectivity index (χ0n) is 6.48. The molecule has 1 rings (SSSR count). The molecule has 1 atom stereocenters. The molecular weight excluding hydrogens is 198 g/mol. The number of rotatable bonds is 2. The average molecular weight is 205 g/mol.